The van der Waals surface area contributed by atoms with Crippen LogP contribution in [0.25, 0.3) is 10.6 Å². The summed E-state index contributed by atoms with van der Waals surface area (Å²) >= 11 is 4.70. The molecule has 1 aromatic heterocycles. The van der Waals surface area contributed by atoms with Crippen molar-refractivity contribution < 1.29 is 4.39 Å². The Balaban J connectivity index is 2.57. The SMILES string of the molecule is Fc1ccc(Br)c(-c2nncs2)c1. The van der Waals surface area contributed by atoms with Gasteiger partial charge in [-0.2, -0.15) is 0 Å². The molecule has 0 unspecified atom stereocenters. The van der Waals surface area contributed by atoms with E-state index in [1.807, 2.05) is 0 Å². The van der Waals surface area contributed by atoms with Crippen molar-refractivity contribution in [1.29, 1.82) is 0 Å². The highest BCUT2D eigenvalue weighted by molar-refractivity contribution is 9.10. The minimum atomic E-state index is -0.270. The molecule has 5 heteroatoms. The number of nitrogens with zero attached hydrogens (tertiary/aromatic N) is 2. The molecular formula is C8H4BrFN2S. The normalized spacial score (nSPS) is 10.3. The summed E-state index contributed by atoms with van der Waals surface area (Å²) in [7, 11) is 0. The van der Waals surface area contributed by atoms with E-state index < -0.39 is 0 Å². The molecular weight excluding hydrogens is 255 g/mol. The number of hydrogen-bond acceptors (Lipinski definition) is 3. The lowest BCUT2D eigenvalue weighted by atomic mass is 10.2. The summed E-state index contributed by atoms with van der Waals surface area (Å²) in [6.45, 7) is 0. The molecule has 0 aliphatic carbocycles. The van der Waals surface area contributed by atoms with Crippen LogP contribution in [0.15, 0.2) is 28.2 Å². The minimum Gasteiger partial charge on any atom is -0.207 e. The summed E-state index contributed by atoms with van der Waals surface area (Å²) in [5.74, 6) is -0.270. The Morgan fingerprint density at radius 2 is 2.23 bits per heavy atom. The summed E-state index contributed by atoms with van der Waals surface area (Å²) in [4.78, 5) is 0. The molecule has 0 saturated heterocycles. The van der Waals surface area contributed by atoms with Crippen LogP contribution in [0.3, 0.4) is 0 Å². The molecule has 0 fully saturated rings. The molecule has 2 rings (SSSR count). The maximum Gasteiger partial charge on any atom is 0.148 e. The Morgan fingerprint density at radius 1 is 1.38 bits per heavy atom. The van der Waals surface area contributed by atoms with Crippen LogP contribution in [0.5, 0.6) is 0 Å². The molecule has 0 aliphatic rings. The van der Waals surface area contributed by atoms with Crippen molar-refractivity contribution in [3.05, 3.63) is 34.0 Å². The fourth-order valence-corrected chi connectivity index (χ4v) is 2.10. The van der Waals surface area contributed by atoms with Gasteiger partial charge in [0.25, 0.3) is 0 Å². The fourth-order valence-electron chi connectivity index (χ4n) is 0.952. The molecule has 66 valence electrons. The van der Waals surface area contributed by atoms with Gasteiger partial charge in [-0.1, -0.05) is 27.3 Å². The van der Waals surface area contributed by atoms with Gasteiger partial charge >= 0.3 is 0 Å². The number of halogens is 2. The molecule has 0 N–H and O–H groups in total. The van der Waals surface area contributed by atoms with Crippen molar-refractivity contribution in [2.24, 2.45) is 0 Å². The van der Waals surface area contributed by atoms with Crippen LogP contribution in [0, 0.1) is 5.82 Å². The van der Waals surface area contributed by atoms with Crippen molar-refractivity contribution in [2.45, 2.75) is 0 Å². The van der Waals surface area contributed by atoms with Crippen LogP contribution < -0.4 is 0 Å². The Morgan fingerprint density at radius 3 is 2.92 bits per heavy atom. The predicted molar refractivity (Wildman–Crippen MR) is 53.0 cm³/mol. The van der Waals surface area contributed by atoms with Crippen molar-refractivity contribution in [3.8, 4) is 10.6 Å². The second-order valence-corrected chi connectivity index (χ2v) is 4.06. The highest BCUT2D eigenvalue weighted by Crippen LogP contribution is 2.29. The molecule has 2 aromatic rings. The molecule has 1 aromatic carbocycles. The van der Waals surface area contributed by atoms with E-state index in [1.165, 1.54) is 23.5 Å². The lowest BCUT2D eigenvalue weighted by Crippen LogP contribution is -1.81. The van der Waals surface area contributed by atoms with Gasteiger partial charge in [-0.3, -0.25) is 0 Å². The van der Waals surface area contributed by atoms with Gasteiger partial charge < -0.3 is 0 Å². The van der Waals surface area contributed by atoms with E-state index in [-0.39, 0.29) is 5.82 Å². The minimum absolute atomic E-state index is 0.270. The maximum atomic E-state index is 12.9. The molecule has 13 heavy (non-hydrogen) atoms. The quantitative estimate of drug-likeness (QED) is 0.786. The first kappa shape index (κ1) is 8.77. The third-order valence-electron chi connectivity index (χ3n) is 1.52. The first-order valence-corrected chi connectivity index (χ1v) is 5.16. The van der Waals surface area contributed by atoms with Gasteiger partial charge in [0.15, 0.2) is 0 Å². The number of hydrogen-bond donors (Lipinski definition) is 0. The van der Waals surface area contributed by atoms with Gasteiger partial charge in [0, 0.05) is 10.0 Å². The first-order valence-electron chi connectivity index (χ1n) is 3.49. The van der Waals surface area contributed by atoms with E-state index in [0.717, 1.165) is 10.0 Å². The summed E-state index contributed by atoms with van der Waals surface area (Å²) < 4.78 is 13.7. The Labute approximate surface area is 86.6 Å². The number of benzene rings is 1. The maximum absolute atomic E-state index is 12.9. The second kappa shape index (κ2) is 3.51. The largest absolute Gasteiger partial charge is 0.207 e. The topological polar surface area (TPSA) is 25.8 Å². The van der Waals surface area contributed by atoms with Gasteiger partial charge in [-0.25, -0.2) is 4.39 Å². The Bertz CT molecular complexity index is 416. The summed E-state index contributed by atoms with van der Waals surface area (Å²) in [5.41, 5.74) is 2.36. The summed E-state index contributed by atoms with van der Waals surface area (Å²) in [5, 5.41) is 8.27. The van der Waals surface area contributed by atoms with Crippen molar-refractivity contribution in [1.82, 2.24) is 10.2 Å². The van der Waals surface area contributed by atoms with Crippen LogP contribution in [0.2, 0.25) is 0 Å². The highest BCUT2D eigenvalue weighted by Gasteiger charge is 2.06. The van der Waals surface area contributed by atoms with Gasteiger partial charge in [-0.05, 0) is 18.2 Å². The zero-order chi connectivity index (χ0) is 9.26. The van der Waals surface area contributed by atoms with Crippen LogP contribution in [0.4, 0.5) is 4.39 Å². The lowest BCUT2D eigenvalue weighted by molar-refractivity contribution is 0.628. The summed E-state index contributed by atoms with van der Waals surface area (Å²) in [6, 6.07) is 4.49. The molecule has 0 spiro atoms. The zero-order valence-electron chi connectivity index (χ0n) is 6.37. The van der Waals surface area contributed by atoms with Gasteiger partial charge in [0.2, 0.25) is 0 Å². The van der Waals surface area contributed by atoms with Crippen LogP contribution in [-0.4, -0.2) is 10.2 Å². The standard InChI is InChI=1S/C8H4BrFN2S/c9-7-2-1-5(10)3-6(7)8-12-11-4-13-8/h1-4H. The third-order valence-corrected chi connectivity index (χ3v) is 2.93. The van der Waals surface area contributed by atoms with E-state index >= 15 is 0 Å². The summed E-state index contributed by atoms with van der Waals surface area (Å²) in [6.07, 6.45) is 0. The third kappa shape index (κ3) is 1.76. The molecule has 0 aliphatic heterocycles. The number of rotatable bonds is 1. The van der Waals surface area contributed by atoms with E-state index in [1.54, 1.807) is 11.6 Å². The lowest BCUT2D eigenvalue weighted by Gasteiger charge is -1.98. The average molecular weight is 259 g/mol. The Hall–Kier alpha value is -0.810. The van der Waals surface area contributed by atoms with Gasteiger partial charge in [-0.15, -0.1) is 10.2 Å². The highest BCUT2D eigenvalue weighted by atomic mass is 79.9. The van der Waals surface area contributed by atoms with E-state index in [9.17, 15) is 4.39 Å². The first-order chi connectivity index (χ1) is 6.27. The predicted octanol–water partition coefficient (Wildman–Crippen LogP) is 3.11. The van der Waals surface area contributed by atoms with Crippen LogP contribution >= 0.6 is 27.3 Å². The van der Waals surface area contributed by atoms with Crippen molar-refractivity contribution in [2.75, 3.05) is 0 Å². The molecule has 0 amide bonds. The molecule has 1 heterocycles. The van der Waals surface area contributed by atoms with E-state index in [4.69, 9.17) is 0 Å². The fraction of sp³-hybridized carbons (Fsp3) is 0. The average Bonchev–Trinajstić information content (AvgIpc) is 2.61. The molecule has 0 saturated carbocycles. The molecule has 0 atom stereocenters. The van der Waals surface area contributed by atoms with Crippen molar-refractivity contribution >= 4 is 27.3 Å². The zero-order valence-corrected chi connectivity index (χ0v) is 8.77. The second-order valence-electron chi connectivity index (χ2n) is 2.37. The van der Waals surface area contributed by atoms with E-state index in [0.29, 0.717) is 5.01 Å². The van der Waals surface area contributed by atoms with Gasteiger partial charge in [0.1, 0.15) is 16.3 Å². The molecule has 0 radical (unpaired) electrons. The van der Waals surface area contributed by atoms with Gasteiger partial charge in [0.05, 0.1) is 0 Å². The van der Waals surface area contributed by atoms with E-state index in [2.05, 4.69) is 26.1 Å². The molecule has 0 bridgehead atoms. The number of aromatic nitrogens is 2. The Kier molecular flexibility index (Phi) is 2.37. The van der Waals surface area contributed by atoms with Crippen molar-refractivity contribution in [3.63, 3.8) is 0 Å². The van der Waals surface area contributed by atoms with Crippen LogP contribution in [-0.2, 0) is 0 Å². The smallest absolute Gasteiger partial charge is 0.148 e. The van der Waals surface area contributed by atoms with Crippen LogP contribution in [0.1, 0.15) is 0 Å². The monoisotopic (exact) mass is 258 g/mol. The molecule has 2 nitrogen and oxygen atoms in total.